The molecule has 0 atom stereocenters. The van der Waals surface area contributed by atoms with Crippen molar-refractivity contribution in [2.45, 2.75) is 36.5 Å². The number of piperidine rings is 1. The Morgan fingerprint density at radius 1 is 1.09 bits per heavy atom. The first-order chi connectivity index (χ1) is 16.4. The molecule has 7 nitrogen and oxygen atoms in total. The van der Waals surface area contributed by atoms with E-state index >= 15 is 0 Å². The van der Waals surface area contributed by atoms with Gasteiger partial charge in [-0.3, -0.25) is 9.52 Å². The predicted molar refractivity (Wildman–Crippen MR) is 136 cm³/mol. The van der Waals surface area contributed by atoms with Crippen molar-refractivity contribution < 1.29 is 20.5 Å². The molecule has 3 aromatic rings. The molecule has 0 spiro atoms. The molecule has 1 amide bonds. The van der Waals surface area contributed by atoms with E-state index in [4.69, 9.17) is 0 Å². The highest BCUT2D eigenvalue weighted by Gasteiger charge is 2.22. The number of anilines is 2. The minimum absolute atomic E-state index is 0. The molecule has 2 fully saturated rings. The average molecular weight is 507 g/mol. The number of thiazole rings is 1. The van der Waals surface area contributed by atoms with Crippen LogP contribution in [0.4, 0.5) is 15.2 Å². The highest BCUT2D eigenvalue weighted by atomic mass is 32.2. The van der Waals surface area contributed by atoms with Crippen molar-refractivity contribution in [1.29, 1.82) is 0 Å². The van der Waals surface area contributed by atoms with E-state index in [0.717, 1.165) is 25.2 Å². The number of nitrogens with zero attached hydrogens (tertiary/aromatic N) is 2. The maximum Gasteiger partial charge on any atom is 0.263 e. The zero-order chi connectivity index (χ0) is 24.0. The maximum atomic E-state index is 12.6. The van der Waals surface area contributed by atoms with Gasteiger partial charge < -0.3 is 10.2 Å². The Bertz CT molecular complexity index is 1190. The molecule has 0 aliphatic carbocycles. The molecule has 2 N–H and O–H groups in total. The summed E-state index contributed by atoms with van der Waals surface area (Å²) >= 11 is 1.21. The van der Waals surface area contributed by atoms with Crippen LogP contribution in [0.1, 0.15) is 40.0 Å². The van der Waals surface area contributed by atoms with Gasteiger partial charge in [-0.15, -0.1) is 11.3 Å². The summed E-state index contributed by atoms with van der Waals surface area (Å²) in [7, 11) is -3.64. The van der Waals surface area contributed by atoms with Gasteiger partial charge in [0.25, 0.3) is 10.0 Å². The molecule has 1 aromatic heterocycles. The van der Waals surface area contributed by atoms with E-state index < -0.39 is 10.0 Å². The number of hydrogen-bond donors (Lipinski definition) is 2. The molecular formula is C24H31FN4O3S2. The third kappa shape index (κ3) is 6.19. The lowest BCUT2D eigenvalue weighted by Crippen LogP contribution is -2.26. The molecule has 2 aliphatic rings. The van der Waals surface area contributed by atoms with E-state index in [1.165, 1.54) is 48.1 Å². The van der Waals surface area contributed by atoms with E-state index in [1.807, 2.05) is 12.1 Å². The van der Waals surface area contributed by atoms with E-state index in [9.17, 15) is 17.6 Å². The van der Waals surface area contributed by atoms with Crippen molar-refractivity contribution in [2.24, 2.45) is 0 Å². The van der Waals surface area contributed by atoms with Crippen LogP contribution in [-0.2, 0) is 14.8 Å². The van der Waals surface area contributed by atoms with Crippen molar-refractivity contribution >= 4 is 38.1 Å². The minimum Gasteiger partial charge on any atom is -0.317 e. The molecule has 0 bridgehead atoms. The first kappa shape index (κ1) is 24.3. The van der Waals surface area contributed by atoms with Gasteiger partial charge in [0.2, 0.25) is 5.91 Å². The molecule has 184 valence electrons. The summed E-state index contributed by atoms with van der Waals surface area (Å²) in [6.07, 6.45) is 5.26. The topological polar surface area (TPSA) is 91.4 Å². The molecule has 5 rings (SSSR count). The number of halogens is 1. The molecule has 0 unspecified atom stereocenters. The lowest BCUT2D eigenvalue weighted by molar-refractivity contribution is -0.117. The predicted octanol–water partition coefficient (Wildman–Crippen LogP) is 4.86. The van der Waals surface area contributed by atoms with E-state index in [1.54, 1.807) is 34.5 Å². The Morgan fingerprint density at radius 2 is 1.79 bits per heavy atom. The van der Waals surface area contributed by atoms with Crippen molar-refractivity contribution in [3.63, 3.8) is 0 Å². The number of nitrogens with one attached hydrogen (secondary N) is 2. The van der Waals surface area contributed by atoms with Crippen LogP contribution in [0.2, 0.25) is 0 Å². The van der Waals surface area contributed by atoms with E-state index in [0.29, 0.717) is 24.0 Å². The fraction of sp³-hybridized carbons (Fsp3) is 0.333. The first-order valence-corrected chi connectivity index (χ1v) is 13.6. The van der Waals surface area contributed by atoms with Gasteiger partial charge in [-0.05, 0) is 80.2 Å². The molecular weight excluding hydrogens is 475 g/mol. The summed E-state index contributed by atoms with van der Waals surface area (Å²) in [6, 6.07) is 13.2. The summed E-state index contributed by atoms with van der Waals surface area (Å²) in [5.41, 5.74) is 2.01. The molecule has 3 heterocycles. The average Bonchev–Trinajstić information content (AvgIpc) is 3.52. The molecule has 0 saturated carbocycles. The number of benzene rings is 2. The summed E-state index contributed by atoms with van der Waals surface area (Å²) in [5, 5.41) is 5.34. The van der Waals surface area contributed by atoms with Gasteiger partial charge in [-0.1, -0.05) is 12.1 Å². The summed E-state index contributed by atoms with van der Waals surface area (Å²) in [4.78, 5) is 17.4. The lowest BCUT2D eigenvalue weighted by Gasteiger charge is -2.22. The van der Waals surface area contributed by atoms with Gasteiger partial charge in [0, 0.05) is 33.1 Å². The number of rotatable bonds is 5. The molecule has 0 radical (unpaired) electrons. The van der Waals surface area contributed by atoms with Gasteiger partial charge in [0.05, 0.1) is 4.90 Å². The van der Waals surface area contributed by atoms with Crippen LogP contribution < -0.4 is 14.9 Å². The fourth-order valence-corrected chi connectivity index (χ4v) is 5.85. The number of carbonyl (C=O) groups is 1. The Kier molecular flexibility index (Phi) is 7.91. The van der Waals surface area contributed by atoms with E-state index in [-0.39, 0.29) is 19.5 Å². The van der Waals surface area contributed by atoms with Gasteiger partial charge >= 0.3 is 0 Å². The third-order valence-corrected chi connectivity index (χ3v) is 8.04. The molecule has 2 aliphatic heterocycles. The second-order valence-electron chi connectivity index (χ2n) is 8.16. The summed E-state index contributed by atoms with van der Waals surface area (Å²) in [6.45, 7) is 2.85. The Hall–Kier alpha value is -2.82. The Labute approximate surface area is 206 Å². The SMILES string of the molecule is Fc1ccc(C2CCNCC2)cc1.O=C1CCCN1c1ccc(S(=O)(=O)Nc2nccs2)cc1.[HH].[HH]. The number of aromatic nitrogens is 1. The molecule has 10 heteroatoms. The quantitative estimate of drug-likeness (QED) is 0.516. The second kappa shape index (κ2) is 11.1. The highest BCUT2D eigenvalue weighted by Crippen LogP contribution is 2.25. The fourth-order valence-electron chi connectivity index (χ4n) is 4.06. The molecule has 2 aromatic carbocycles. The number of sulfonamides is 1. The minimum atomic E-state index is -3.64. The zero-order valence-corrected chi connectivity index (χ0v) is 20.2. The van der Waals surface area contributed by atoms with Crippen LogP contribution >= 0.6 is 11.3 Å². The second-order valence-corrected chi connectivity index (χ2v) is 10.7. The van der Waals surface area contributed by atoms with Gasteiger partial charge in [0.15, 0.2) is 5.13 Å². The van der Waals surface area contributed by atoms with Crippen LogP contribution in [0, 0.1) is 5.82 Å². The summed E-state index contributed by atoms with van der Waals surface area (Å²) < 4.78 is 39.4. The maximum absolute atomic E-state index is 12.6. The number of carbonyl (C=O) groups excluding carboxylic acids is 1. The molecule has 34 heavy (non-hydrogen) atoms. The van der Waals surface area contributed by atoms with Crippen LogP contribution in [0.25, 0.3) is 0 Å². The van der Waals surface area contributed by atoms with Gasteiger partial charge in [-0.2, -0.15) is 0 Å². The first-order valence-electron chi connectivity index (χ1n) is 11.2. The molecule has 2 saturated heterocycles. The Morgan fingerprint density at radius 3 is 2.38 bits per heavy atom. The van der Waals surface area contributed by atoms with Crippen LogP contribution in [0.3, 0.4) is 0 Å². The standard InChI is InChI=1S/C13H13N3O3S2.C11H14FN.2H2/c17-12-2-1-8-16(12)10-3-5-11(6-4-10)21(18,19)15-13-14-7-9-20-13;12-11-3-1-9(2-4-11)10-5-7-13-8-6-10;;/h3-7,9H,1-2,8H2,(H,14,15);1-4,10,13H,5-8H2;2*1H. The van der Waals surface area contributed by atoms with Crippen molar-refractivity contribution in [1.82, 2.24) is 10.3 Å². The van der Waals surface area contributed by atoms with Gasteiger partial charge in [0.1, 0.15) is 5.82 Å². The van der Waals surface area contributed by atoms with Crippen LogP contribution in [0.5, 0.6) is 0 Å². The lowest BCUT2D eigenvalue weighted by atomic mass is 9.90. The third-order valence-electron chi connectivity index (χ3n) is 5.87. The normalized spacial score (nSPS) is 16.7. The largest absolute Gasteiger partial charge is 0.317 e. The van der Waals surface area contributed by atoms with E-state index in [2.05, 4.69) is 15.0 Å². The van der Waals surface area contributed by atoms with Crippen molar-refractivity contribution in [3.05, 3.63) is 71.5 Å². The number of amides is 1. The highest BCUT2D eigenvalue weighted by molar-refractivity contribution is 7.93. The van der Waals surface area contributed by atoms with Crippen molar-refractivity contribution in [2.75, 3.05) is 29.3 Å². The van der Waals surface area contributed by atoms with Crippen LogP contribution in [-0.4, -0.2) is 38.9 Å². The van der Waals surface area contributed by atoms with Gasteiger partial charge in [-0.25, -0.2) is 17.8 Å². The van der Waals surface area contributed by atoms with Crippen molar-refractivity contribution in [3.8, 4) is 0 Å². The zero-order valence-electron chi connectivity index (χ0n) is 18.6. The number of hydrogen-bond acceptors (Lipinski definition) is 6. The Balaban J connectivity index is 0.000000264. The van der Waals surface area contributed by atoms with Crippen LogP contribution in [0.15, 0.2) is 65.0 Å². The monoisotopic (exact) mass is 506 g/mol. The summed E-state index contributed by atoms with van der Waals surface area (Å²) in [5.74, 6) is 0.561. The smallest absolute Gasteiger partial charge is 0.263 e.